The van der Waals surface area contributed by atoms with Crippen LogP contribution in [0.15, 0.2) is 47.1 Å². The number of cyclic esters (lactones) is 1. The van der Waals surface area contributed by atoms with Gasteiger partial charge in [-0.25, -0.2) is 9.79 Å². The fourth-order valence-electron chi connectivity index (χ4n) is 3.01. The van der Waals surface area contributed by atoms with Crippen molar-refractivity contribution in [2.24, 2.45) is 4.99 Å². The van der Waals surface area contributed by atoms with Gasteiger partial charge in [-0.3, -0.25) is 10.1 Å². The molecule has 0 radical (unpaired) electrons. The van der Waals surface area contributed by atoms with Gasteiger partial charge in [0.15, 0.2) is 5.70 Å². The topological polar surface area (TPSA) is 91.0 Å². The number of esters is 1. The molecule has 2 aromatic rings. The van der Waals surface area contributed by atoms with Crippen LogP contribution in [0.4, 0.5) is 5.69 Å². The van der Waals surface area contributed by atoms with E-state index in [0.29, 0.717) is 5.56 Å². The van der Waals surface area contributed by atoms with Gasteiger partial charge in [0.1, 0.15) is 16.9 Å². The largest absolute Gasteiger partial charge is 0.490 e. The molecule has 0 aromatic heterocycles. The second kappa shape index (κ2) is 6.51. The predicted octanol–water partition coefficient (Wildman–Crippen LogP) is 3.92. The molecule has 27 heavy (non-hydrogen) atoms. The van der Waals surface area contributed by atoms with Crippen LogP contribution in [-0.2, 0) is 16.0 Å². The van der Waals surface area contributed by atoms with E-state index < -0.39 is 10.9 Å². The molecule has 0 saturated carbocycles. The first-order valence-corrected chi connectivity index (χ1v) is 8.55. The minimum atomic E-state index is -0.618. The summed E-state index contributed by atoms with van der Waals surface area (Å²) >= 11 is 5.81. The molecule has 4 rings (SSSR count). The Kier molecular flexibility index (Phi) is 4.16. The third-order valence-corrected chi connectivity index (χ3v) is 4.55. The van der Waals surface area contributed by atoms with E-state index in [2.05, 4.69) is 4.99 Å². The van der Waals surface area contributed by atoms with Crippen molar-refractivity contribution in [2.75, 3.05) is 0 Å². The number of carbonyl (C=O) groups excluding carboxylic acids is 1. The van der Waals surface area contributed by atoms with Gasteiger partial charge in [0.25, 0.3) is 5.69 Å². The monoisotopic (exact) mass is 384 g/mol. The molecule has 2 aliphatic rings. The molecule has 0 aliphatic carbocycles. The molecule has 2 heterocycles. The molecule has 2 aliphatic heterocycles. The Morgan fingerprint density at radius 1 is 1.30 bits per heavy atom. The van der Waals surface area contributed by atoms with E-state index in [9.17, 15) is 14.9 Å². The minimum absolute atomic E-state index is 0.000901. The number of hydrogen-bond donors (Lipinski definition) is 0. The van der Waals surface area contributed by atoms with E-state index in [1.54, 1.807) is 6.08 Å². The molecule has 2 aromatic carbocycles. The molecular formula is C19H13ClN2O5. The standard InChI is InChI=1S/C19H13ClN2O5/c1-10-6-13-7-11(2-5-17(13)26-10)8-15-19(23)27-18(21-15)12-3-4-14(20)16(9-12)22(24)25/h2-5,7-10H,6H2,1H3/b15-8-/t10-/m1/s1. The van der Waals surface area contributed by atoms with Gasteiger partial charge in [-0.05, 0) is 48.4 Å². The number of aliphatic imine (C=N–C) groups is 1. The van der Waals surface area contributed by atoms with Crippen molar-refractivity contribution < 1.29 is 19.2 Å². The fraction of sp³-hybridized carbons (Fsp3) is 0.158. The van der Waals surface area contributed by atoms with Crippen LogP contribution in [0.5, 0.6) is 5.75 Å². The van der Waals surface area contributed by atoms with Gasteiger partial charge in [-0.2, -0.15) is 0 Å². The number of carbonyl (C=O) groups is 1. The number of rotatable bonds is 3. The Labute approximate surface area is 159 Å². The van der Waals surface area contributed by atoms with Crippen molar-refractivity contribution in [3.63, 3.8) is 0 Å². The summed E-state index contributed by atoms with van der Waals surface area (Å²) < 4.78 is 10.8. The summed E-state index contributed by atoms with van der Waals surface area (Å²) in [6.45, 7) is 1.99. The number of nitrogens with zero attached hydrogens (tertiary/aromatic N) is 2. The summed E-state index contributed by atoms with van der Waals surface area (Å²) in [5.74, 6) is 0.230. The fourth-order valence-corrected chi connectivity index (χ4v) is 3.19. The quantitative estimate of drug-likeness (QED) is 0.346. The summed E-state index contributed by atoms with van der Waals surface area (Å²) in [7, 11) is 0. The maximum absolute atomic E-state index is 12.1. The van der Waals surface area contributed by atoms with Crippen LogP contribution in [-0.4, -0.2) is 22.9 Å². The molecule has 0 amide bonds. The van der Waals surface area contributed by atoms with Crippen LogP contribution in [0.1, 0.15) is 23.6 Å². The normalized spacial score (nSPS) is 19.5. The Hall–Kier alpha value is -3.19. The lowest BCUT2D eigenvalue weighted by atomic mass is 10.1. The zero-order valence-electron chi connectivity index (χ0n) is 14.1. The molecule has 8 heteroatoms. The van der Waals surface area contributed by atoms with Gasteiger partial charge < -0.3 is 9.47 Å². The molecule has 1 atom stereocenters. The maximum Gasteiger partial charge on any atom is 0.363 e. The lowest BCUT2D eigenvalue weighted by Crippen LogP contribution is -2.06. The Morgan fingerprint density at radius 3 is 2.89 bits per heavy atom. The highest BCUT2D eigenvalue weighted by atomic mass is 35.5. The third kappa shape index (κ3) is 3.29. The van der Waals surface area contributed by atoms with Gasteiger partial charge in [0.05, 0.1) is 4.92 Å². The van der Waals surface area contributed by atoms with Gasteiger partial charge in [0.2, 0.25) is 5.90 Å². The Balaban J connectivity index is 1.66. The van der Waals surface area contributed by atoms with Crippen LogP contribution in [0, 0.1) is 10.1 Å². The van der Waals surface area contributed by atoms with Crippen molar-refractivity contribution >= 4 is 35.2 Å². The average Bonchev–Trinajstić information content (AvgIpc) is 3.16. The number of nitro groups is 1. The second-order valence-electron chi connectivity index (χ2n) is 6.26. The highest BCUT2D eigenvalue weighted by molar-refractivity contribution is 6.32. The number of halogens is 1. The molecular weight excluding hydrogens is 372 g/mol. The van der Waals surface area contributed by atoms with Crippen molar-refractivity contribution in [3.05, 3.63) is 73.9 Å². The van der Waals surface area contributed by atoms with Crippen LogP contribution in [0.3, 0.4) is 0 Å². The van der Waals surface area contributed by atoms with E-state index in [0.717, 1.165) is 23.3 Å². The Bertz CT molecular complexity index is 1040. The summed E-state index contributed by atoms with van der Waals surface area (Å²) in [5.41, 5.74) is 2.01. The predicted molar refractivity (Wildman–Crippen MR) is 98.9 cm³/mol. The molecule has 0 bridgehead atoms. The number of ether oxygens (including phenoxy) is 2. The average molecular weight is 385 g/mol. The molecule has 0 saturated heterocycles. The number of hydrogen-bond acceptors (Lipinski definition) is 6. The number of nitro benzene ring substituents is 1. The summed E-state index contributed by atoms with van der Waals surface area (Å²) in [4.78, 5) is 26.7. The van der Waals surface area contributed by atoms with Crippen LogP contribution >= 0.6 is 11.6 Å². The zero-order chi connectivity index (χ0) is 19.1. The third-order valence-electron chi connectivity index (χ3n) is 4.23. The van der Waals surface area contributed by atoms with Crippen molar-refractivity contribution in [3.8, 4) is 5.75 Å². The minimum Gasteiger partial charge on any atom is -0.490 e. The van der Waals surface area contributed by atoms with E-state index >= 15 is 0 Å². The number of benzene rings is 2. The lowest BCUT2D eigenvalue weighted by molar-refractivity contribution is -0.384. The van der Waals surface area contributed by atoms with Crippen molar-refractivity contribution in [2.45, 2.75) is 19.4 Å². The first kappa shape index (κ1) is 17.2. The van der Waals surface area contributed by atoms with Gasteiger partial charge in [0, 0.05) is 18.1 Å². The molecule has 7 nitrogen and oxygen atoms in total. The summed E-state index contributed by atoms with van der Waals surface area (Å²) in [6.07, 6.45) is 2.55. The van der Waals surface area contributed by atoms with Crippen LogP contribution in [0.2, 0.25) is 5.02 Å². The van der Waals surface area contributed by atoms with Crippen molar-refractivity contribution in [1.29, 1.82) is 0 Å². The first-order chi connectivity index (χ1) is 12.9. The van der Waals surface area contributed by atoms with E-state index in [4.69, 9.17) is 21.1 Å². The molecule has 0 fully saturated rings. The van der Waals surface area contributed by atoms with E-state index in [1.807, 2.05) is 25.1 Å². The van der Waals surface area contributed by atoms with E-state index in [-0.39, 0.29) is 28.4 Å². The Morgan fingerprint density at radius 2 is 2.11 bits per heavy atom. The van der Waals surface area contributed by atoms with Gasteiger partial charge >= 0.3 is 5.97 Å². The SMILES string of the molecule is C[C@@H]1Cc2cc(/C=C3\N=C(c4ccc(Cl)c([N+](=O)[O-])c4)OC3=O)ccc2O1. The molecule has 0 spiro atoms. The van der Waals surface area contributed by atoms with Gasteiger partial charge in [-0.15, -0.1) is 0 Å². The first-order valence-electron chi connectivity index (χ1n) is 8.17. The van der Waals surface area contributed by atoms with Crippen LogP contribution < -0.4 is 4.74 Å². The molecule has 0 N–H and O–H groups in total. The molecule has 0 unspecified atom stereocenters. The number of fused-ring (bicyclic) bond motifs is 1. The highest BCUT2D eigenvalue weighted by Crippen LogP contribution is 2.31. The molecule has 136 valence electrons. The van der Waals surface area contributed by atoms with Crippen molar-refractivity contribution in [1.82, 2.24) is 0 Å². The van der Waals surface area contributed by atoms with E-state index in [1.165, 1.54) is 18.2 Å². The van der Waals surface area contributed by atoms with Crippen LogP contribution in [0.25, 0.3) is 6.08 Å². The zero-order valence-corrected chi connectivity index (χ0v) is 14.9. The smallest absolute Gasteiger partial charge is 0.363 e. The summed E-state index contributed by atoms with van der Waals surface area (Å²) in [6, 6.07) is 9.75. The maximum atomic E-state index is 12.1. The highest BCUT2D eigenvalue weighted by Gasteiger charge is 2.26. The summed E-state index contributed by atoms with van der Waals surface area (Å²) in [5, 5.41) is 11.0. The second-order valence-corrected chi connectivity index (χ2v) is 6.67. The lowest BCUT2D eigenvalue weighted by Gasteiger charge is -2.02. The van der Waals surface area contributed by atoms with Gasteiger partial charge in [-0.1, -0.05) is 17.7 Å².